The maximum absolute atomic E-state index is 13.9. The van der Waals surface area contributed by atoms with Gasteiger partial charge in [-0.1, -0.05) is 12.1 Å². The third-order valence-electron chi connectivity index (χ3n) is 7.65. The number of aromatic nitrogens is 3. The highest BCUT2D eigenvalue weighted by Gasteiger charge is 2.48. The van der Waals surface area contributed by atoms with Crippen molar-refractivity contribution in [1.82, 2.24) is 20.3 Å². The van der Waals surface area contributed by atoms with Crippen LogP contribution < -0.4 is 4.90 Å². The number of morpholine rings is 1. The van der Waals surface area contributed by atoms with Gasteiger partial charge in [0.05, 0.1) is 23.8 Å². The number of nitrogens with zero attached hydrogens (tertiary/aromatic N) is 4. The van der Waals surface area contributed by atoms with Gasteiger partial charge in [-0.25, -0.2) is 4.39 Å². The minimum absolute atomic E-state index is 0.0740. The number of alkyl halides is 6. The van der Waals surface area contributed by atoms with Gasteiger partial charge in [-0.3, -0.25) is 4.90 Å². The zero-order valence-electron chi connectivity index (χ0n) is 22.9. The highest BCUT2D eigenvalue weighted by Crippen LogP contribution is 2.45. The van der Waals surface area contributed by atoms with E-state index < -0.39 is 47.2 Å². The van der Waals surface area contributed by atoms with Gasteiger partial charge in [-0.15, -0.1) is 5.10 Å². The largest absolute Gasteiger partial charge is 0.416 e. The van der Waals surface area contributed by atoms with Gasteiger partial charge >= 0.3 is 12.4 Å². The number of ether oxygens (including phenoxy) is 2. The lowest BCUT2D eigenvalue weighted by atomic mass is 9.94. The average molecular weight is 602 g/mol. The van der Waals surface area contributed by atoms with Crippen LogP contribution in [0.4, 0.5) is 36.6 Å². The first-order valence-electron chi connectivity index (χ1n) is 13.5. The average Bonchev–Trinajstić information content (AvgIpc) is 3.60. The number of H-pyrrole nitrogens is 1. The molecule has 7 nitrogen and oxygen atoms in total. The van der Waals surface area contributed by atoms with Crippen molar-refractivity contribution in [2.24, 2.45) is 0 Å². The monoisotopic (exact) mass is 601 g/mol. The van der Waals surface area contributed by atoms with Gasteiger partial charge in [-0.2, -0.15) is 36.7 Å². The van der Waals surface area contributed by atoms with Crippen LogP contribution in [-0.2, 0) is 28.4 Å². The fourth-order valence-corrected chi connectivity index (χ4v) is 5.66. The Hall–Kier alpha value is -3.23. The van der Waals surface area contributed by atoms with E-state index in [0.717, 1.165) is 25.9 Å². The summed E-state index contributed by atoms with van der Waals surface area (Å²) in [6.45, 7) is 5.68. The van der Waals surface area contributed by atoms with Crippen LogP contribution in [0.2, 0.25) is 0 Å². The van der Waals surface area contributed by atoms with Crippen molar-refractivity contribution in [2.45, 2.75) is 63.5 Å². The molecule has 0 amide bonds. The van der Waals surface area contributed by atoms with Gasteiger partial charge in [0.2, 0.25) is 0 Å². The number of hydrogen-bond acceptors (Lipinski definition) is 6. The first kappa shape index (κ1) is 30.2. The Kier molecular flexibility index (Phi) is 8.25. The summed E-state index contributed by atoms with van der Waals surface area (Å²) in [6.07, 6.45) is -9.14. The number of rotatable bonds is 7. The molecule has 14 heteroatoms. The second kappa shape index (κ2) is 11.5. The van der Waals surface area contributed by atoms with Gasteiger partial charge in [0.15, 0.2) is 11.6 Å². The molecule has 3 atom stereocenters. The fraction of sp³-hybridized carbons (Fsp3) is 0.500. The van der Waals surface area contributed by atoms with Crippen LogP contribution in [0.3, 0.4) is 0 Å². The van der Waals surface area contributed by atoms with Crippen molar-refractivity contribution in [3.05, 3.63) is 76.2 Å². The third kappa shape index (κ3) is 6.40. The Labute approximate surface area is 237 Å². The number of halogens is 7. The van der Waals surface area contributed by atoms with Gasteiger partial charge in [0, 0.05) is 13.1 Å². The maximum atomic E-state index is 13.9. The quantitative estimate of drug-likeness (QED) is 0.306. The van der Waals surface area contributed by atoms with Crippen molar-refractivity contribution in [3.63, 3.8) is 0 Å². The molecule has 5 rings (SSSR count). The molecule has 1 aromatic heterocycles. The Morgan fingerprint density at radius 2 is 1.60 bits per heavy atom. The van der Waals surface area contributed by atoms with E-state index in [1.165, 1.54) is 31.2 Å². The molecule has 2 fully saturated rings. The summed E-state index contributed by atoms with van der Waals surface area (Å²) in [5.74, 6) is -1.59. The van der Waals surface area contributed by atoms with E-state index in [0.29, 0.717) is 42.3 Å². The van der Waals surface area contributed by atoms with Crippen LogP contribution in [-0.4, -0.2) is 52.3 Å². The maximum Gasteiger partial charge on any atom is 0.416 e. The smallest absolute Gasteiger partial charge is 0.346 e. The molecule has 0 bridgehead atoms. The number of anilines is 1. The highest BCUT2D eigenvalue weighted by molar-refractivity contribution is 5.47. The lowest BCUT2D eigenvalue weighted by molar-refractivity contribution is -0.271. The fourth-order valence-electron chi connectivity index (χ4n) is 5.66. The molecule has 1 N–H and O–H groups in total. The number of likely N-dealkylation sites (tertiary alicyclic amines) is 1. The van der Waals surface area contributed by atoms with Crippen LogP contribution in [0.25, 0.3) is 0 Å². The molecule has 2 saturated heterocycles. The second-order valence-electron chi connectivity index (χ2n) is 10.7. The molecule has 42 heavy (non-hydrogen) atoms. The summed E-state index contributed by atoms with van der Waals surface area (Å²) in [4.78, 5) is 4.10. The summed E-state index contributed by atoms with van der Waals surface area (Å²) in [7, 11) is 0. The zero-order valence-corrected chi connectivity index (χ0v) is 22.9. The molecular formula is C28H30F7N5O2. The van der Waals surface area contributed by atoms with Gasteiger partial charge in [0.25, 0.3) is 0 Å². The molecule has 0 radical (unpaired) electrons. The molecule has 3 heterocycles. The molecule has 0 spiro atoms. The minimum atomic E-state index is -5.01. The van der Waals surface area contributed by atoms with E-state index in [4.69, 9.17) is 9.47 Å². The predicted octanol–water partition coefficient (Wildman–Crippen LogP) is 6.65. The van der Waals surface area contributed by atoms with Crippen LogP contribution in [0, 0.1) is 5.82 Å². The van der Waals surface area contributed by atoms with Crippen LogP contribution in [0.15, 0.2) is 42.5 Å². The Morgan fingerprint density at radius 1 is 0.976 bits per heavy atom. The first-order chi connectivity index (χ1) is 19.7. The van der Waals surface area contributed by atoms with Crippen LogP contribution in [0.5, 0.6) is 0 Å². The Morgan fingerprint density at radius 3 is 2.19 bits per heavy atom. The molecule has 0 aliphatic carbocycles. The Balaban J connectivity index is 1.52. The standard InChI is InChI=1S/C28H30F7N5O2/c1-17(19-13-20(27(30,31)32)15-21(14-19)28(33,34)35)42-26(2)24(18-5-7-22(29)8-6-18)40(11-12-41-26)25-23(36-38-37-25)16-39-9-3-4-10-39/h5-8,13-15,17,24H,3-4,9-12,16H2,1-2H3,(H,36,37,38)/t17-,24+,26-/m1/s1. The van der Waals surface area contributed by atoms with E-state index in [2.05, 4.69) is 20.3 Å². The van der Waals surface area contributed by atoms with Gasteiger partial charge < -0.3 is 14.4 Å². The van der Waals surface area contributed by atoms with Crippen molar-refractivity contribution < 1.29 is 40.2 Å². The van der Waals surface area contributed by atoms with Crippen molar-refractivity contribution in [1.29, 1.82) is 0 Å². The predicted molar refractivity (Wildman–Crippen MR) is 138 cm³/mol. The van der Waals surface area contributed by atoms with Crippen molar-refractivity contribution >= 4 is 5.82 Å². The lowest BCUT2D eigenvalue weighted by Crippen LogP contribution is -2.55. The molecule has 0 saturated carbocycles. The van der Waals surface area contributed by atoms with E-state index in [1.54, 1.807) is 6.92 Å². The van der Waals surface area contributed by atoms with E-state index >= 15 is 0 Å². The van der Waals surface area contributed by atoms with Crippen molar-refractivity contribution in [2.75, 3.05) is 31.1 Å². The molecular weight excluding hydrogens is 571 g/mol. The molecule has 3 aromatic rings. The molecule has 2 aliphatic rings. The zero-order chi connectivity index (χ0) is 30.3. The third-order valence-corrected chi connectivity index (χ3v) is 7.65. The lowest BCUT2D eigenvalue weighted by Gasteiger charge is -2.49. The number of nitrogens with one attached hydrogen (secondary N) is 1. The number of hydrogen-bond donors (Lipinski definition) is 1. The summed E-state index contributed by atoms with van der Waals surface area (Å²) in [5.41, 5.74) is -2.00. The first-order valence-corrected chi connectivity index (χ1v) is 13.5. The number of aromatic amines is 1. The Bertz CT molecular complexity index is 1340. The normalized spacial score (nSPS) is 23.0. The van der Waals surface area contributed by atoms with Crippen LogP contribution in [0.1, 0.15) is 66.8 Å². The second-order valence-corrected chi connectivity index (χ2v) is 10.7. The summed E-state index contributed by atoms with van der Waals surface area (Å²) >= 11 is 0. The minimum Gasteiger partial charge on any atom is -0.346 e. The topological polar surface area (TPSA) is 66.5 Å². The highest BCUT2D eigenvalue weighted by atomic mass is 19.4. The SMILES string of the molecule is C[C@@H](O[C@@]1(C)OCCN(c2n[nH]nc2CN2CCCC2)[C@H]1c1ccc(F)cc1)c1cc(C(F)(F)F)cc(C(F)(F)F)c1. The molecule has 2 aromatic carbocycles. The van der Waals surface area contributed by atoms with E-state index in [-0.39, 0.29) is 18.2 Å². The van der Waals surface area contributed by atoms with Crippen molar-refractivity contribution in [3.8, 4) is 0 Å². The van der Waals surface area contributed by atoms with Gasteiger partial charge in [-0.05, 0) is 81.2 Å². The number of benzene rings is 2. The summed E-state index contributed by atoms with van der Waals surface area (Å²) in [6, 6.07) is 6.10. The van der Waals surface area contributed by atoms with Gasteiger partial charge in [0.1, 0.15) is 17.6 Å². The van der Waals surface area contributed by atoms with Crippen LogP contribution >= 0.6 is 0 Å². The van der Waals surface area contributed by atoms with E-state index in [1.807, 2.05) is 4.90 Å². The summed E-state index contributed by atoms with van der Waals surface area (Å²) < 4.78 is 108. The van der Waals surface area contributed by atoms with E-state index in [9.17, 15) is 30.7 Å². The molecule has 228 valence electrons. The summed E-state index contributed by atoms with van der Waals surface area (Å²) in [5, 5.41) is 11.4. The molecule has 0 unspecified atom stereocenters. The molecule has 2 aliphatic heterocycles.